The van der Waals surface area contributed by atoms with Crippen LogP contribution in [-0.2, 0) is 32.6 Å². The van der Waals surface area contributed by atoms with Crippen LogP contribution >= 0.6 is 23.2 Å². The number of rotatable bonds is 12. The standard InChI is InChI=1S/C33H33Cl2N3O5S/c1-23-12-15-28(16-13-23)44(41,42)38(26-14-17-29(34)30(35)20-26)22-32(39)37(21-25-10-7-11-27(18-25)43-3)31(33(40)36-2)19-24-8-5-4-6-9-24/h4-18,20,31H,19,21-22H2,1-3H3,(H,36,40)/t31-/m0/s1. The first kappa shape index (κ1) is 32.9. The van der Waals surface area contributed by atoms with Crippen LogP contribution in [0.15, 0.2) is 102 Å². The number of hydrogen-bond acceptors (Lipinski definition) is 5. The Labute approximate surface area is 268 Å². The van der Waals surface area contributed by atoms with E-state index < -0.39 is 34.4 Å². The second kappa shape index (κ2) is 14.6. The zero-order valence-corrected chi connectivity index (χ0v) is 26.9. The maximum Gasteiger partial charge on any atom is 0.264 e. The molecule has 0 aromatic heterocycles. The number of benzene rings is 4. The van der Waals surface area contributed by atoms with E-state index >= 15 is 0 Å². The number of methoxy groups -OCH3 is 1. The fraction of sp³-hybridized carbons (Fsp3) is 0.212. The highest BCUT2D eigenvalue weighted by Crippen LogP contribution is 2.31. The summed E-state index contributed by atoms with van der Waals surface area (Å²) in [5.74, 6) is -0.416. The summed E-state index contributed by atoms with van der Waals surface area (Å²) >= 11 is 12.4. The Hall–Kier alpha value is -4.05. The fourth-order valence-corrected chi connectivity index (χ4v) is 6.39. The van der Waals surface area contributed by atoms with Crippen molar-refractivity contribution >= 4 is 50.7 Å². The molecule has 11 heteroatoms. The molecule has 8 nitrogen and oxygen atoms in total. The third-order valence-electron chi connectivity index (χ3n) is 7.08. The number of anilines is 1. The number of aryl methyl sites for hydroxylation is 1. The second-order valence-electron chi connectivity index (χ2n) is 10.1. The van der Waals surface area contributed by atoms with Crippen molar-refractivity contribution < 1.29 is 22.7 Å². The first-order chi connectivity index (χ1) is 21.0. The minimum Gasteiger partial charge on any atom is -0.497 e. The topological polar surface area (TPSA) is 96.0 Å². The predicted octanol–water partition coefficient (Wildman–Crippen LogP) is 5.89. The lowest BCUT2D eigenvalue weighted by atomic mass is 10.0. The molecule has 230 valence electrons. The average molecular weight is 655 g/mol. The summed E-state index contributed by atoms with van der Waals surface area (Å²) in [6.07, 6.45) is 0.202. The van der Waals surface area contributed by atoms with E-state index in [0.717, 1.165) is 15.4 Å². The van der Waals surface area contributed by atoms with Gasteiger partial charge in [-0.15, -0.1) is 0 Å². The molecule has 0 radical (unpaired) electrons. The van der Waals surface area contributed by atoms with Gasteiger partial charge in [-0.25, -0.2) is 8.42 Å². The highest BCUT2D eigenvalue weighted by Gasteiger charge is 2.34. The molecular formula is C33H33Cl2N3O5S. The maximum absolute atomic E-state index is 14.4. The summed E-state index contributed by atoms with van der Waals surface area (Å²) in [7, 11) is -1.22. The van der Waals surface area contributed by atoms with Crippen molar-refractivity contribution in [3.05, 3.63) is 124 Å². The molecule has 0 fully saturated rings. The van der Waals surface area contributed by atoms with Crippen molar-refractivity contribution in [1.29, 1.82) is 0 Å². The molecule has 0 saturated carbocycles. The normalized spacial score (nSPS) is 11.8. The Bertz CT molecular complexity index is 1720. The van der Waals surface area contributed by atoms with Gasteiger partial charge in [-0.1, -0.05) is 83.4 Å². The molecule has 0 bridgehead atoms. The minimum atomic E-state index is -4.26. The van der Waals surface area contributed by atoms with Crippen LogP contribution in [0.4, 0.5) is 5.69 Å². The van der Waals surface area contributed by atoms with E-state index in [1.807, 2.05) is 43.3 Å². The van der Waals surface area contributed by atoms with Crippen molar-refractivity contribution in [2.45, 2.75) is 30.8 Å². The molecule has 0 unspecified atom stereocenters. The first-order valence-electron chi connectivity index (χ1n) is 13.8. The van der Waals surface area contributed by atoms with Crippen LogP contribution in [0.3, 0.4) is 0 Å². The third-order valence-corrected chi connectivity index (χ3v) is 9.61. The van der Waals surface area contributed by atoms with Crippen molar-refractivity contribution in [3.8, 4) is 5.75 Å². The lowest BCUT2D eigenvalue weighted by Gasteiger charge is -2.33. The fourth-order valence-electron chi connectivity index (χ4n) is 4.69. The number of likely N-dealkylation sites (N-methyl/N-ethyl adjacent to an activating group) is 1. The van der Waals surface area contributed by atoms with E-state index in [2.05, 4.69) is 5.32 Å². The van der Waals surface area contributed by atoms with E-state index in [1.54, 1.807) is 30.3 Å². The lowest BCUT2D eigenvalue weighted by Crippen LogP contribution is -2.53. The summed E-state index contributed by atoms with van der Waals surface area (Å²) < 4.78 is 34.5. The number of hydrogen-bond donors (Lipinski definition) is 1. The molecule has 0 heterocycles. The lowest BCUT2D eigenvalue weighted by molar-refractivity contribution is -0.139. The SMILES string of the molecule is CNC(=O)[C@H](Cc1ccccc1)N(Cc1cccc(OC)c1)C(=O)CN(c1ccc(Cl)c(Cl)c1)S(=O)(=O)c1ccc(C)cc1. The molecule has 4 rings (SSSR count). The van der Waals surface area contributed by atoms with Crippen molar-refractivity contribution in [2.24, 2.45) is 0 Å². The number of amides is 2. The molecule has 1 atom stereocenters. The molecule has 0 aliphatic heterocycles. The molecular weight excluding hydrogens is 621 g/mol. The molecule has 4 aromatic rings. The quantitative estimate of drug-likeness (QED) is 0.206. The third kappa shape index (κ3) is 7.91. The molecule has 44 heavy (non-hydrogen) atoms. The molecule has 0 saturated heterocycles. The number of sulfonamides is 1. The number of ether oxygens (including phenoxy) is 1. The Balaban J connectivity index is 1.81. The number of nitrogens with zero attached hydrogens (tertiary/aromatic N) is 2. The van der Waals surface area contributed by atoms with Crippen LogP contribution in [-0.4, -0.2) is 51.9 Å². The summed E-state index contributed by atoms with van der Waals surface area (Å²) in [5.41, 5.74) is 2.55. The van der Waals surface area contributed by atoms with Gasteiger partial charge in [0.05, 0.1) is 27.7 Å². The monoisotopic (exact) mass is 653 g/mol. The van der Waals surface area contributed by atoms with Crippen molar-refractivity contribution in [2.75, 3.05) is 25.0 Å². The molecule has 0 aliphatic rings. The van der Waals surface area contributed by atoms with Gasteiger partial charge >= 0.3 is 0 Å². The van der Waals surface area contributed by atoms with Gasteiger partial charge in [-0.05, 0) is 60.5 Å². The summed E-state index contributed by atoms with van der Waals surface area (Å²) in [6.45, 7) is 1.25. The Kier molecular flexibility index (Phi) is 10.9. The number of halogens is 2. The van der Waals surface area contributed by atoms with Gasteiger partial charge in [0.1, 0.15) is 18.3 Å². The predicted molar refractivity (Wildman–Crippen MR) is 174 cm³/mol. The van der Waals surface area contributed by atoms with Gasteiger partial charge in [-0.2, -0.15) is 0 Å². The smallest absolute Gasteiger partial charge is 0.264 e. The largest absolute Gasteiger partial charge is 0.497 e. The van der Waals surface area contributed by atoms with Crippen LogP contribution in [0.5, 0.6) is 5.75 Å². The minimum absolute atomic E-state index is 0.00606. The van der Waals surface area contributed by atoms with Gasteiger partial charge in [0, 0.05) is 20.0 Å². The summed E-state index contributed by atoms with van der Waals surface area (Å²) in [4.78, 5) is 29.1. The van der Waals surface area contributed by atoms with Crippen LogP contribution in [0, 0.1) is 6.92 Å². The van der Waals surface area contributed by atoms with E-state index in [1.165, 1.54) is 49.4 Å². The highest BCUT2D eigenvalue weighted by molar-refractivity contribution is 7.92. The van der Waals surface area contributed by atoms with Crippen molar-refractivity contribution in [1.82, 2.24) is 10.2 Å². The van der Waals surface area contributed by atoms with Crippen LogP contribution in [0.25, 0.3) is 0 Å². The van der Waals surface area contributed by atoms with E-state index in [0.29, 0.717) is 11.3 Å². The maximum atomic E-state index is 14.4. The van der Waals surface area contributed by atoms with Gasteiger partial charge in [0.2, 0.25) is 11.8 Å². The Morgan fingerprint density at radius 3 is 2.18 bits per heavy atom. The first-order valence-corrected chi connectivity index (χ1v) is 16.0. The van der Waals surface area contributed by atoms with Gasteiger partial charge in [0.25, 0.3) is 10.0 Å². The van der Waals surface area contributed by atoms with Gasteiger partial charge in [0.15, 0.2) is 0 Å². The average Bonchev–Trinajstić information content (AvgIpc) is 3.03. The zero-order valence-electron chi connectivity index (χ0n) is 24.5. The molecule has 1 N–H and O–H groups in total. The van der Waals surface area contributed by atoms with E-state index in [4.69, 9.17) is 27.9 Å². The van der Waals surface area contributed by atoms with Crippen LogP contribution in [0.1, 0.15) is 16.7 Å². The number of carbonyl (C=O) groups excluding carboxylic acids is 2. The molecule has 0 spiro atoms. The molecule has 2 amide bonds. The Morgan fingerprint density at radius 2 is 1.55 bits per heavy atom. The molecule has 4 aromatic carbocycles. The van der Waals surface area contributed by atoms with Crippen LogP contribution in [0.2, 0.25) is 10.0 Å². The van der Waals surface area contributed by atoms with Gasteiger partial charge < -0.3 is 15.0 Å². The van der Waals surface area contributed by atoms with Crippen molar-refractivity contribution in [3.63, 3.8) is 0 Å². The summed E-state index contributed by atoms with van der Waals surface area (Å²) in [6, 6.07) is 26.2. The van der Waals surface area contributed by atoms with Crippen LogP contribution < -0.4 is 14.4 Å². The van der Waals surface area contributed by atoms with Gasteiger partial charge in [-0.3, -0.25) is 13.9 Å². The number of carbonyl (C=O) groups is 2. The molecule has 0 aliphatic carbocycles. The summed E-state index contributed by atoms with van der Waals surface area (Å²) in [5, 5.41) is 3.03. The highest BCUT2D eigenvalue weighted by atomic mass is 35.5. The number of nitrogens with one attached hydrogen (secondary N) is 1. The zero-order chi connectivity index (χ0) is 31.9. The van der Waals surface area contributed by atoms with E-state index in [9.17, 15) is 18.0 Å². The Morgan fingerprint density at radius 1 is 0.864 bits per heavy atom. The van der Waals surface area contributed by atoms with E-state index in [-0.39, 0.29) is 33.6 Å². The second-order valence-corrected chi connectivity index (χ2v) is 12.8.